The molecular formula is C54H34N6O. The van der Waals surface area contributed by atoms with Gasteiger partial charge >= 0.3 is 0 Å². The van der Waals surface area contributed by atoms with Crippen molar-refractivity contribution in [2.45, 2.75) is 0 Å². The van der Waals surface area contributed by atoms with Crippen molar-refractivity contribution in [3.63, 3.8) is 0 Å². The number of rotatable bonds is 8. The molecule has 0 amide bonds. The number of nitrogens with zero attached hydrogens (tertiary/aromatic N) is 6. The van der Waals surface area contributed by atoms with Crippen LogP contribution in [0.1, 0.15) is 0 Å². The molecule has 0 radical (unpaired) electrons. The van der Waals surface area contributed by atoms with Gasteiger partial charge in [0.1, 0.15) is 11.2 Å². The SMILES string of the molecule is c1ccc(-c2ccc(-c3nc(-c4ccccc4)nc(-c4cccc(-c5ccc6oc7cccc(-c8nc(-c9ccccc9)nc(-c9ccccc9)n8)c7c6c5)c4)n3)cc2)cc1. The Bertz CT molecular complexity index is 3280. The van der Waals surface area contributed by atoms with Crippen molar-refractivity contribution >= 4 is 21.9 Å². The molecule has 0 spiro atoms. The Morgan fingerprint density at radius 2 is 0.623 bits per heavy atom. The molecule has 0 fully saturated rings. The van der Waals surface area contributed by atoms with Crippen LogP contribution in [-0.2, 0) is 0 Å². The molecule has 286 valence electrons. The van der Waals surface area contributed by atoms with E-state index in [-0.39, 0.29) is 0 Å². The number of benzene rings is 8. The fourth-order valence-corrected chi connectivity index (χ4v) is 7.75. The van der Waals surface area contributed by atoms with Gasteiger partial charge in [-0.15, -0.1) is 0 Å². The number of furan rings is 1. The molecule has 0 N–H and O–H groups in total. The third-order valence-corrected chi connectivity index (χ3v) is 10.8. The Kier molecular flexibility index (Phi) is 9.02. The van der Waals surface area contributed by atoms with E-state index in [9.17, 15) is 0 Å². The van der Waals surface area contributed by atoms with Gasteiger partial charge in [0.15, 0.2) is 34.9 Å². The van der Waals surface area contributed by atoms with Crippen LogP contribution in [0.25, 0.3) is 113 Å². The zero-order chi connectivity index (χ0) is 40.5. The fraction of sp³-hybridized carbons (Fsp3) is 0. The van der Waals surface area contributed by atoms with Crippen molar-refractivity contribution < 1.29 is 4.42 Å². The fourth-order valence-electron chi connectivity index (χ4n) is 7.75. The van der Waals surface area contributed by atoms with E-state index in [1.807, 2.05) is 115 Å². The van der Waals surface area contributed by atoms with Crippen molar-refractivity contribution in [1.82, 2.24) is 29.9 Å². The van der Waals surface area contributed by atoms with Gasteiger partial charge < -0.3 is 4.42 Å². The summed E-state index contributed by atoms with van der Waals surface area (Å²) >= 11 is 0. The van der Waals surface area contributed by atoms with Crippen LogP contribution in [0.4, 0.5) is 0 Å². The maximum atomic E-state index is 6.47. The molecule has 0 bridgehead atoms. The summed E-state index contributed by atoms with van der Waals surface area (Å²) in [7, 11) is 0. The molecular weight excluding hydrogens is 749 g/mol. The van der Waals surface area contributed by atoms with E-state index >= 15 is 0 Å². The predicted molar refractivity (Wildman–Crippen MR) is 244 cm³/mol. The summed E-state index contributed by atoms with van der Waals surface area (Å²) in [6.07, 6.45) is 0. The molecule has 0 atom stereocenters. The van der Waals surface area contributed by atoms with Crippen LogP contribution >= 0.6 is 0 Å². The Labute approximate surface area is 351 Å². The number of fused-ring (bicyclic) bond motifs is 3. The third kappa shape index (κ3) is 7.00. The lowest BCUT2D eigenvalue weighted by atomic mass is 9.99. The first-order valence-corrected chi connectivity index (χ1v) is 20.1. The quantitative estimate of drug-likeness (QED) is 0.152. The van der Waals surface area contributed by atoms with Crippen LogP contribution in [0.5, 0.6) is 0 Å². The molecule has 61 heavy (non-hydrogen) atoms. The lowest BCUT2D eigenvalue weighted by molar-refractivity contribution is 0.669. The van der Waals surface area contributed by atoms with Gasteiger partial charge in [-0.05, 0) is 46.5 Å². The molecule has 0 aliphatic heterocycles. The van der Waals surface area contributed by atoms with Crippen molar-refractivity contribution in [1.29, 1.82) is 0 Å². The van der Waals surface area contributed by atoms with E-state index in [2.05, 4.69) is 91.0 Å². The summed E-state index contributed by atoms with van der Waals surface area (Å²) in [5.41, 5.74) is 11.2. The van der Waals surface area contributed by atoms with Crippen molar-refractivity contribution in [2.24, 2.45) is 0 Å². The minimum Gasteiger partial charge on any atom is -0.456 e. The van der Waals surface area contributed by atoms with E-state index in [1.54, 1.807) is 0 Å². The zero-order valence-electron chi connectivity index (χ0n) is 32.7. The van der Waals surface area contributed by atoms with Crippen LogP contribution in [0, 0.1) is 0 Å². The maximum absolute atomic E-state index is 6.47. The van der Waals surface area contributed by atoms with Gasteiger partial charge in [0.05, 0.1) is 0 Å². The standard InChI is InChI=1S/C54H34N6O/c1-5-15-35(16-6-1)36-27-29-40(30-28-36)52-55-49(37-17-7-2-8-18-37)57-53(58-52)43-24-13-23-41(33-43)42-31-32-46-45(34-42)48-44(25-14-26-47(48)61-46)54-59-50(38-19-9-3-10-20-38)56-51(60-54)39-21-11-4-12-22-39/h1-34H. The number of aromatic nitrogens is 6. The molecule has 3 aromatic heterocycles. The summed E-state index contributed by atoms with van der Waals surface area (Å²) < 4.78 is 6.47. The Morgan fingerprint density at radius 1 is 0.246 bits per heavy atom. The highest BCUT2D eigenvalue weighted by molar-refractivity contribution is 6.12. The van der Waals surface area contributed by atoms with Gasteiger partial charge in [-0.2, -0.15) is 0 Å². The van der Waals surface area contributed by atoms with E-state index in [4.69, 9.17) is 34.3 Å². The first-order valence-electron chi connectivity index (χ1n) is 20.1. The lowest BCUT2D eigenvalue weighted by Gasteiger charge is -2.10. The zero-order valence-corrected chi connectivity index (χ0v) is 32.7. The second-order valence-electron chi connectivity index (χ2n) is 14.7. The van der Waals surface area contributed by atoms with Crippen LogP contribution in [0.15, 0.2) is 211 Å². The Morgan fingerprint density at radius 3 is 1.18 bits per heavy atom. The summed E-state index contributed by atoms with van der Waals surface area (Å²) in [5.74, 6) is 3.59. The normalized spacial score (nSPS) is 11.3. The molecule has 0 saturated carbocycles. The van der Waals surface area contributed by atoms with Crippen molar-refractivity contribution in [3.8, 4) is 90.6 Å². The van der Waals surface area contributed by atoms with Gasteiger partial charge in [-0.3, -0.25) is 0 Å². The average Bonchev–Trinajstić information content (AvgIpc) is 3.73. The highest BCUT2D eigenvalue weighted by Gasteiger charge is 2.19. The van der Waals surface area contributed by atoms with Gasteiger partial charge in [-0.1, -0.05) is 182 Å². The molecule has 0 saturated heterocycles. The average molecular weight is 783 g/mol. The minimum atomic E-state index is 0.572. The van der Waals surface area contributed by atoms with E-state index in [0.717, 1.165) is 77.6 Å². The molecule has 8 aromatic carbocycles. The maximum Gasteiger partial charge on any atom is 0.164 e. The topological polar surface area (TPSA) is 90.5 Å². The lowest BCUT2D eigenvalue weighted by Crippen LogP contribution is -2.00. The second-order valence-corrected chi connectivity index (χ2v) is 14.7. The second kappa shape index (κ2) is 15.4. The van der Waals surface area contributed by atoms with Crippen molar-refractivity contribution in [3.05, 3.63) is 206 Å². The number of hydrogen-bond acceptors (Lipinski definition) is 7. The summed E-state index contributed by atoms with van der Waals surface area (Å²) in [4.78, 5) is 30.1. The summed E-state index contributed by atoms with van der Waals surface area (Å²) in [6, 6.07) is 69.5. The predicted octanol–water partition coefficient (Wildman–Crippen LogP) is 13.3. The van der Waals surface area contributed by atoms with Crippen LogP contribution in [0.2, 0.25) is 0 Å². The Balaban J connectivity index is 1.01. The molecule has 0 aliphatic carbocycles. The van der Waals surface area contributed by atoms with Crippen LogP contribution < -0.4 is 0 Å². The van der Waals surface area contributed by atoms with Gasteiger partial charge in [-0.25, -0.2) is 29.9 Å². The van der Waals surface area contributed by atoms with E-state index < -0.39 is 0 Å². The minimum absolute atomic E-state index is 0.572. The molecule has 0 unspecified atom stereocenters. The molecule has 7 nitrogen and oxygen atoms in total. The smallest absolute Gasteiger partial charge is 0.164 e. The molecule has 0 aliphatic rings. The first-order chi connectivity index (χ1) is 30.2. The van der Waals surface area contributed by atoms with Crippen molar-refractivity contribution in [2.75, 3.05) is 0 Å². The first kappa shape index (κ1) is 35.7. The molecule has 3 heterocycles. The number of hydrogen-bond donors (Lipinski definition) is 0. The van der Waals surface area contributed by atoms with E-state index in [1.165, 1.54) is 0 Å². The van der Waals surface area contributed by atoms with Gasteiger partial charge in [0.2, 0.25) is 0 Å². The third-order valence-electron chi connectivity index (χ3n) is 10.8. The molecule has 7 heteroatoms. The summed E-state index contributed by atoms with van der Waals surface area (Å²) in [6.45, 7) is 0. The van der Waals surface area contributed by atoms with Gasteiger partial charge in [0, 0.05) is 44.2 Å². The Hall–Kier alpha value is -8.42. The molecule has 11 aromatic rings. The van der Waals surface area contributed by atoms with Crippen LogP contribution in [-0.4, -0.2) is 29.9 Å². The molecule has 11 rings (SSSR count). The van der Waals surface area contributed by atoms with Gasteiger partial charge in [0.25, 0.3) is 0 Å². The highest BCUT2D eigenvalue weighted by Crippen LogP contribution is 2.39. The summed E-state index contributed by atoms with van der Waals surface area (Å²) in [5, 5.41) is 1.90. The van der Waals surface area contributed by atoms with Crippen LogP contribution in [0.3, 0.4) is 0 Å². The largest absolute Gasteiger partial charge is 0.456 e. The monoisotopic (exact) mass is 782 g/mol. The highest BCUT2D eigenvalue weighted by atomic mass is 16.3. The van der Waals surface area contributed by atoms with E-state index in [0.29, 0.717) is 34.9 Å².